The molecular formula is C23H26ClN3O3. The van der Waals surface area contributed by atoms with Crippen molar-refractivity contribution in [2.45, 2.75) is 38.6 Å². The summed E-state index contributed by atoms with van der Waals surface area (Å²) in [5.74, 6) is -0.506. The van der Waals surface area contributed by atoms with Crippen LogP contribution in [-0.2, 0) is 4.79 Å². The van der Waals surface area contributed by atoms with E-state index in [2.05, 4.69) is 17.6 Å². The third-order valence-corrected chi connectivity index (χ3v) is 5.39. The summed E-state index contributed by atoms with van der Waals surface area (Å²) in [6, 6.07) is 12.9. The number of carbonyl (C=O) groups excluding carboxylic acids is 3. The summed E-state index contributed by atoms with van der Waals surface area (Å²) in [4.78, 5) is 39.3. The number of likely N-dealkylation sites (tertiary alicyclic amines) is 1. The van der Waals surface area contributed by atoms with Gasteiger partial charge in [-0.25, -0.2) is 0 Å². The number of amides is 3. The van der Waals surface area contributed by atoms with Crippen LogP contribution in [-0.4, -0.2) is 41.8 Å². The highest BCUT2D eigenvalue weighted by molar-refractivity contribution is 6.30. The van der Waals surface area contributed by atoms with E-state index in [1.165, 1.54) is 0 Å². The molecule has 1 aliphatic heterocycles. The van der Waals surface area contributed by atoms with Gasteiger partial charge in [0.2, 0.25) is 5.91 Å². The zero-order valence-electron chi connectivity index (χ0n) is 17.0. The van der Waals surface area contributed by atoms with Gasteiger partial charge in [-0.2, -0.15) is 0 Å². The smallest absolute Gasteiger partial charge is 0.255 e. The SMILES string of the molecule is CCCCNC(=O)C1CCCN1C(=O)c1ccc(NC(=O)c2ccc(Cl)cc2)cc1. The van der Waals surface area contributed by atoms with Crippen molar-refractivity contribution < 1.29 is 14.4 Å². The molecule has 0 aromatic heterocycles. The van der Waals surface area contributed by atoms with Crippen molar-refractivity contribution in [2.75, 3.05) is 18.4 Å². The zero-order valence-corrected chi connectivity index (χ0v) is 17.7. The maximum atomic E-state index is 12.9. The Labute approximate surface area is 181 Å². The highest BCUT2D eigenvalue weighted by Crippen LogP contribution is 2.21. The van der Waals surface area contributed by atoms with Crippen LogP contribution < -0.4 is 10.6 Å². The first-order chi connectivity index (χ1) is 14.5. The minimum absolute atomic E-state index is 0.0823. The highest BCUT2D eigenvalue weighted by Gasteiger charge is 2.34. The lowest BCUT2D eigenvalue weighted by molar-refractivity contribution is -0.124. The molecule has 1 heterocycles. The van der Waals surface area contributed by atoms with Crippen molar-refractivity contribution in [1.82, 2.24) is 10.2 Å². The van der Waals surface area contributed by atoms with Gasteiger partial charge in [-0.3, -0.25) is 14.4 Å². The second kappa shape index (κ2) is 10.3. The van der Waals surface area contributed by atoms with E-state index in [9.17, 15) is 14.4 Å². The Morgan fingerprint density at radius 1 is 1.03 bits per heavy atom. The second-order valence-electron chi connectivity index (χ2n) is 7.34. The van der Waals surface area contributed by atoms with Gasteiger partial charge < -0.3 is 15.5 Å². The van der Waals surface area contributed by atoms with Crippen LogP contribution in [0.15, 0.2) is 48.5 Å². The molecule has 1 saturated heterocycles. The highest BCUT2D eigenvalue weighted by atomic mass is 35.5. The first-order valence-corrected chi connectivity index (χ1v) is 10.6. The quantitative estimate of drug-likeness (QED) is 0.652. The molecule has 3 rings (SSSR count). The van der Waals surface area contributed by atoms with E-state index in [1.54, 1.807) is 53.4 Å². The average Bonchev–Trinajstić information content (AvgIpc) is 3.24. The Balaban J connectivity index is 1.62. The molecule has 0 bridgehead atoms. The number of anilines is 1. The lowest BCUT2D eigenvalue weighted by atomic mass is 10.1. The van der Waals surface area contributed by atoms with Crippen molar-refractivity contribution in [3.63, 3.8) is 0 Å². The topological polar surface area (TPSA) is 78.5 Å². The fourth-order valence-corrected chi connectivity index (χ4v) is 3.58. The lowest BCUT2D eigenvalue weighted by Gasteiger charge is -2.24. The van der Waals surface area contributed by atoms with Crippen molar-refractivity contribution in [3.05, 3.63) is 64.7 Å². The van der Waals surface area contributed by atoms with E-state index < -0.39 is 6.04 Å². The molecule has 6 nitrogen and oxygen atoms in total. The Morgan fingerprint density at radius 3 is 2.37 bits per heavy atom. The fraction of sp³-hybridized carbons (Fsp3) is 0.348. The molecule has 1 unspecified atom stereocenters. The van der Waals surface area contributed by atoms with Gasteiger partial charge in [-0.1, -0.05) is 24.9 Å². The van der Waals surface area contributed by atoms with Crippen molar-refractivity contribution in [1.29, 1.82) is 0 Å². The minimum atomic E-state index is -0.418. The molecule has 7 heteroatoms. The standard InChI is InChI=1S/C23H26ClN3O3/c1-2-3-14-25-22(29)20-5-4-15-27(20)23(30)17-8-12-19(13-9-17)26-21(28)16-6-10-18(24)11-7-16/h6-13,20H,2-5,14-15H2,1H3,(H,25,29)(H,26,28). The van der Waals surface area contributed by atoms with Crippen LogP contribution in [0, 0.1) is 0 Å². The number of halogens is 1. The van der Waals surface area contributed by atoms with E-state index in [0.29, 0.717) is 41.3 Å². The van der Waals surface area contributed by atoms with E-state index in [0.717, 1.165) is 19.3 Å². The lowest BCUT2D eigenvalue weighted by Crippen LogP contribution is -2.46. The van der Waals surface area contributed by atoms with Gasteiger partial charge >= 0.3 is 0 Å². The first kappa shape index (κ1) is 21.8. The normalized spacial score (nSPS) is 15.7. The van der Waals surface area contributed by atoms with Crippen LogP contribution in [0.1, 0.15) is 53.3 Å². The van der Waals surface area contributed by atoms with Gasteiger partial charge in [-0.15, -0.1) is 0 Å². The van der Waals surface area contributed by atoms with Crippen LogP contribution >= 0.6 is 11.6 Å². The van der Waals surface area contributed by atoms with Crippen molar-refractivity contribution >= 4 is 35.0 Å². The molecule has 2 aromatic carbocycles. The number of unbranched alkanes of at least 4 members (excludes halogenated alkanes) is 1. The first-order valence-electron chi connectivity index (χ1n) is 10.2. The largest absolute Gasteiger partial charge is 0.354 e. The average molecular weight is 428 g/mol. The Kier molecular flexibility index (Phi) is 7.46. The summed E-state index contributed by atoms with van der Waals surface area (Å²) >= 11 is 5.85. The molecular weight excluding hydrogens is 402 g/mol. The summed E-state index contributed by atoms with van der Waals surface area (Å²) in [6.45, 7) is 3.27. The van der Waals surface area contributed by atoms with Gasteiger partial charge in [0.1, 0.15) is 6.04 Å². The molecule has 1 atom stereocenters. The summed E-state index contributed by atoms with van der Waals surface area (Å²) in [7, 11) is 0. The Bertz CT molecular complexity index is 897. The van der Waals surface area contributed by atoms with Crippen molar-refractivity contribution in [2.24, 2.45) is 0 Å². The summed E-state index contributed by atoms with van der Waals surface area (Å²) in [5, 5.41) is 6.28. The van der Waals surface area contributed by atoms with Crippen LogP contribution in [0.4, 0.5) is 5.69 Å². The summed E-state index contributed by atoms with van der Waals surface area (Å²) in [5.41, 5.74) is 1.57. The molecule has 30 heavy (non-hydrogen) atoms. The number of benzene rings is 2. The van der Waals surface area contributed by atoms with E-state index in [-0.39, 0.29) is 17.7 Å². The minimum Gasteiger partial charge on any atom is -0.354 e. The van der Waals surface area contributed by atoms with Gasteiger partial charge in [0.25, 0.3) is 11.8 Å². The number of carbonyl (C=O) groups is 3. The second-order valence-corrected chi connectivity index (χ2v) is 7.78. The van der Waals surface area contributed by atoms with E-state index in [1.807, 2.05) is 0 Å². The maximum Gasteiger partial charge on any atom is 0.255 e. The van der Waals surface area contributed by atoms with E-state index >= 15 is 0 Å². The molecule has 158 valence electrons. The zero-order chi connectivity index (χ0) is 21.5. The Hall–Kier alpha value is -2.86. The number of rotatable bonds is 7. The van der Waals surface area contributed by atoms with E-state index in [4.69, 9.17) is 11.6 Å². The predicted octanol–water partition coefficient (Wildman–Crippen LogP) is 4.11. The van der Waals surface area contributed by atoms with Gasteiger partial charge in [0, 0.05) is 34.9 Å². The number of nitrogens with one attached hydrogen (secondary N) is 2. The monoisotopic (exact) mass is 427 g/mol. The van der Waals surface area contributed by atoms with Crippen LogP contribution in [0.3, 0.4) is 0 Å². The molecule has 0 saturated carbocycles. The molecule has 0 radical (unpaired) electrons. The fourth-order valence-electron chi connectivity index (χ4n) is 3.46. The van der Waals surface area contributed by atoms with Crippen LogP contribution in [0.25, 0.3) is 0 Å². The van der Waals surface area contributed by atoms with Gasteiger partial charge in [0.15, 0.2) is 0 Å². The van der Waals surface area contributed by atoms with Crippen molar-refractivity contribution in [3.8, 4) is 0 Å². The van der Waals surface area contributed by atoms with Crippen LogP contribution in [0.5, 0.6) is 0 Å². The summed E-state index contributed by atoms with van der Waals surface area (Å²) in [6.07, 6.45) is 3.43. The molecule has 3 amide bonds. The maximum absolute atomic E-state index is 12.9. The Morgan fingerprint density at radius 2 is 1.70 bits per heavy atom. The third-order valence-electron chi connectivity index (χ3n) is 5.14. The predicted molar refractivity (Wildman–Crippen MR) is 118 cm³/mol. The molecule has 0 spiro atoms. The third kappa shape index (κ3) is 5.39. The number of hydrogen-bond donors (Lipinski definition) is 2. The molecule has 2 N–H and O–H groups in total. The van der Waals surface area contributed by atoms with Crippen LogP contribution in [0.2, 0.25) is 5.02 Å². The number of nitrogens with zero attached hydrogens (tertiary/aromatic N) is 1. The summed E-state index contributed by atoms with van der Waals surface area (Å²) < 4.78 is 0. The molecule has 0 aliphatic carbocycles. The number of hydrogen-bond acceptors (Lipinski definition) is 3. The molecule has 1 fully saturated rings. The molecule has 2 aromatic rings. The van der Waals surface area contributed by atoms with Gasteiger partial charge in [-0.05, 0) is 67.8 Å². The van der Waals surface area contributed by atoms with Gasteiger partial charge in [0.05, 0.1) is 0 Å². The molecule has 1 aliphatic rings.